The second kappa shape index (κ2) is 72.9. The molecule has 0 amide bonds. The highest BCUT2D eigenvalue weighted by molar-refractivity contribution is 7.47. The average molecular weight is 1730 g/mol. The molecule has 2 heterocycles. The minimum Gasteiger partial charge on any atom is -0.463 e. The third kappa shape index (κ3) is 52.3. The van der Waals surface area contributed by atoms with Crippen LogP contribution in [0.2, 0.25) is 0 Å². The second-order valence-electron chi connectivity index (χ2n) is 34.6. The number of hydrogen-bond acceptors (Lipinski definition) is 24. The molecule has 3 fully saturated rings. The van der Waals surface area contributed by atoms with E-state index < -0.39 is 162 Å². The second-order valence-corrected chi connectivity index (χ2v) is 36.0. The molecule has 26 heteroatoms. The molecule has 0 bridgehead atoms. The Morgan fingerprint density at radius 1 is 0.325 bits per heavy atom. The Morgan fingerprint density at radius 3 is 1.00 bits per heavy atom. The van der Waals surface area contributed by atoms with Crippen LogP contribution in [-0.4, -0.2) is 205 Å². The lowest BCUT2D eigenvalue weighted by molar-refractivity contribution is -0.360. The summed E-state index contributed by atoms with van der Waals surface area (Å²) >= 11 is 0. The highest BCUT2D eigenvalue weighted by Crippen LogP contribution is 2.49. The number of allylic oxidation sites excluding steroid dienone is 4. The lowest BCUT2D eigenvalue weighted by Crippen LogP contribution is -2.70. The Hall–Kier alpha value is -3.05. The first kappa shape index (κ1) is 111. The number of hydrogen-bond donors (Lipinski definition) is 10. The molecular weight excluding hydrogens is 1560 g/mol. The SMILES string of the molecule is CCCCCC/C=C\CCCCCCCCCC(=O)OCC(COP(=O)(O)OC1C(OC2OC(CO)C(O)C(O)C2O)C(O)C(O)C(OC(=O)CCCCCCCCCCCCCCCCCC)C1OC1OC(COC(=O)CCCCCCCCCCCCCCCCC)C(O)C(O)C1O)OC(=O)CCCCCCCCC/C=C\CCCCCC. The number of carbonyl (C=O) groups excluding carboxylic acids is 4. The number of unbranched alkanes of at least 4 members (excludes halogenated alkanes) is 51. The van der Waals surface area contributed by atoms with Crippen LogP contribution in [0.1, 0.15) is 419 Å². The molecule has 0 aromatic heterocycles. The summed E-state index contributed by atoms with van der Waals surface area (Å²) in [7, 11) is -5.81. The number of carbonyl (C=O) groups is 4. The molecule has 0 aromatic carbocycles. The van der Waals surface area contributed by atoms with E-state index in [0.29, 0.717) is 38.5 Å². The molecule has 2 aliphatic heterocycles. The van der Waals surface area contributed by atoms with Crippen molar-refractivity contribution >= 4 is 31.7 Å². The van der Waals surface area contributed by atoms with Crippen LogP contribution < -0.4 is 0 Å². The van der Waals surface area contributed by atoms with Gasteiger partial charge in [-0.1, -0.05) is 341 Å². The van der Waals surface area contributed by atoms with E-state index in [-0.39, 0.29) is 25.7 Å². The van der Waals surface area contributed by atoms with E-state index in [0.717, 1.165) is 161 Å². The fourth-order valence-electron chi connectivity index (χ4n) is 16.0. The van der Waals surface area contributed by atoms with Crippen LogP contribution in [0.25, 0.3) is 0 Å². The number of esters is 4. The molecule has 1 aliphatic carbocycles. The molecule has 2 saturated heterocycles. The van der Waals surface area contributed by atoms with E-state index in [2.05, 4.69) is 52.0 Å². The Labute approximate surface area is 724 Å². The Kier molecular flexibility index (Phi) is 67.5. The number of phosphoric acid groups is 1. The standard InChI is InChI=1S/C94H173O25P/c1-5-9-13-17-21-25-29-33-37-41-45-49-53-57-61-65-69-80(99)116-89-85(104)86(105)90(117-93-87(106)83(102)81(100)75(70-95)114-93)92(91(89)118-94-88(107)84(103)82(101)76(115-94)73-111-78(97)67-63-59-55-51-47-43-39-35-31-27-23-19-15-11-7-3)119-120(108,109)112-72-74(113-79(98)68-64-60-56-52-48-44-40-36-32-28-24-20-16-12-8-4)71-110-77(96)66-62-58-54-50-46-42-38-34-30-26-22-18-14-10-6-2/h26,28,30,32,74-76,81-95,100-107H,5-25,27,29,31,33-73H2,1-4H3,(H,108,109)/b30-26-,32-28-. The summed E-state index contributed by atoms with van der Waals surface area (Å²) in [6.45, 7) is 5.60. The predicted molar refractivity (Wildman–Crippen MR) is 467 cm³/mol. The monoisotopic (exact) mass is 1730 g/mol. The van der Waals surface area contributed by atoms with Crippen molar-refractivity contribution in [2.24, 2.45) is 0 Å². The zero-order valence-electron chi connectivity index (χ0n) is 75.1. The van der Waals surface area contributed by atoms with Gasteiger partial charge in [0.1, 0.15) is 92.6 Å². The highest BCUT2D eigenvalue weighted by Gasteiger charge is 2.60. The number of rotatable bonds is 79. The third-order valence-corrected chi connectivity index (χ3v) is 24.7. The molecule has 3 rings (SSSR count). The van der Waals surface area contributed by atoms with E-state index in [1.165, 1.54) is 167 Å². The van der Waals surface area contributed by atoms with Crippen molar-refractivity contribution in [2.75, 3.05) is 26.4 Å². The quantitative estimate of drug-likeness (QED) is 0.00889. The maximum atomic E-state index is 14.9. The van der Waals surface area contributed by atoms with Crippen molar-refractivity contribution < 1.29 is 122 Å². The van der Waals surface area contributed by atoms with Crippen LogP contribution in [-0.2, 0) is 70.7 Å². The molecule has 0 radical (unpaired) electrons. The van der Waals surface area contributed by atoms with Crippen LogP contribution in [0, 0.1) is 0 Å². The van der Waals surface area contributed by atoms with E-state index in [9.17, 15) is 74.6 Å². The zero-order valence-corrected chi connectivity index (χ0v) is 76.0. The zero-order chi connectivity index (χ0) is 87.5. The normalized spacial score (nSPS) is 24.8. The highest BCUT2D eigenvalue weighted by atomic mass is 31.2. The maximum Gasteiger partial charge on any atom is 0.472 e. The Balaban J connectivity index is 1.91. The van der Waals surface area contributed by atoms with Gasteiger partial charge in [-0.25, -0.2) is 4.57 Å². The van der Waals surface area contributed by atoms with Crippen molar-refractivity contribution in [3.8, 4) is 0 Å². The maximum absolute atomic E-state index is 14.9. The number of phosphoric ester groups is 1. The molecule has 3 aliphatic rings. The van der Waals surface area contributed by atoms with Gasteiger partial charge in [-0.05, 0) is 77.0 Å². The number of aliphatic hydroxyl groups excluding tert-OH is 9. The molecule has 120 heavy (non-hydrogen) atoms. The molecular formula is C94H173O25P. The van der Waals surface area contributed by atoms with Gasteiger partial charge in [-0.3, -0.25) is 28.2 Å². The van der Waals surface area contributed by atoms with Crippen molar-refractivity contribution in [1.29, 1.82) is 0 Å². The van der Waals surface area contributed by atoms with E-state index in [1.807, 2.05) is 0 Å². The first-order valence-corrected chi connectivity index (χ1v) is 50.1. The van der Waals surface area contributed by atoms with Crippen molar-refractivity contribution in [1.82, 2.24) is 0 Å². The van der Waals surface area contributed by atoms with Gasteiger partial charge < -0.3 is 88.7 Å². The van der Waals surface area contributed by atoms with Gasteiger partial charge in [0.25, 0.3) is 0 Å². The summed E-state index contributed by atoms with van der Waals surface area (Å²) in [6, 6.07) is 0. The van der Waals surface area contributed by atoms with Gasteiger partial charge in [0.2, 0.25) is 0 Å². The predicted octanol–water partition coefficient (Wildman–Crippen LogP) is 18.5. The number of aliphatic hydroxyl groups is 9. The third-order valence-electron chi connectivity index (χ3n) is 23.7. The molecule has 25 nitrogen and oxygen atoms in total. The summed E-state index contributed by atoms with van der Waals surface area (Å²) in [5, 5.41) is 102. The fraction of sp³-hybridized carbons (Fsp3) is 0.915. The van der Waals surface area contributed by atoms with E-state index in [1.54, 1.807) is 0 Å². The first-order valence-electron chi connectivity index (χ1n) is 48.6. The van der Waals surface area contributed by atoms with Gasteiger partial charge in [0.05, 0.1) is 13.2 Å². The van der Waals surface area contributed by atoms with Crippen LogP contribution in [0.5, 0.6) is 0 Å². The molecule has 18 unspecified atom stereocenters. The van der Waals surface area contributed by atoms with Gasteiger partial charge in [-0.15, -0.1) is 0 Å². The molecule has 10 N–H and O–H groups in total. The smallest absolute Gasteiger partial charge is 0.463 e. The average Bonchev–Trinajstić information content (AvgIpc) is 0.754. The van der Waals surface area contributed by atoms with Crippen LogP contribution >= 0.6 is 7.82 Å². The minimum atomic E-state index is -5.81. The molecule has 1 saturated carbocycles. The summed E-state index contributed by atoms with van der Waals surface area (Å²) < 4.78 is 73.5. The van der Waals surface area contributed by atoms with Crippen LogP contribution in [0.15, 0.2) is 24.3 Å². The van der Waals surface area contributed by atoms with Crippen LogP contribution in [0.3, 0.4) is 0 Å². The molecule has 18 atom stereocenters. The van der Waals surface area contributed by atoms with Gasteiger partial charge >= 0.3 is 31.7 Å². The van der Waals surface area contributed by atoms with Gasteiger partial charge in [0, 0.05) is 25.7 Å². The van der Waals surface area contributed by atoms with Crippen molar-refractivity contribution in [3.63, 3.8) is 0 Å². The summed E-state index contributed by atoms with van der Waals surface area (Å²) in [6.07, 6.45) is 34.3. The first-order chi connectivity index (χ1) is 58.2. The summed E-state index contributed by atoms with van der Waals surface area (Å²) in [4.78, 5) is 66.6. The largest absolute Gasteiger partial charge is 0.472 e. The summed E-state index contributed by atoms with van der Waals surface area (Å²) in [5.74, 6) is -2.96. The van der Waals surface area contributed by atoms with Gasteiger partial charge in [-0.2, -0.15) is 0 Å². The Bertz CT molecular complexity index is 2580. The Morgan fingerprint density at radius 2 is 0.625 bits per heavy atom. The van der Waals surface area contributed by atoms with Crippen LogP contribution in [0.4, 0.5) is 0 Å². The lowest BCUT2D eigenvalue weighted by Gasteiger charge is -2.50. The lowest BCUT2D eigenvalue weighted by atomic mass is 9.84. The topological polar surface area (TPSA) is 380 Å². The van der Waals surface area contributed by atoms with Crippen molar-refractivity contribution in [3.05, 3.63) is 24.3 Å². The van der Waals surface area contributed by atoms with Gasteiger partial charge in [0.15, 0.2) is 24.8 Å². The molecule has 0 spiro atoms. The molecule has 0 aromatic rings. The van der Waals surface area contributed by atoms with E-state index in [4.69, 9.17) is 46.9 Å². The van der Waals surface area contributed by atoms with E-state index >= 15 is 0 Å². The molecule has 704 valence electrons. The summed E-state index contributed by atoms with van der Waals surface area (Å²) in [5.41, 5.74) is 0. The number of ether oxygens (including phenoxy) is 8. The minimum absolute atomic E-state index is 0.0179. The van der Waals surface area contributed by atoms with Crippen molar-refractivity contribution in [2.45, 2.75) is 524 Å². The fourth-order valence-corrected chi connectivity index (χ4v) is 16.9.